The first-order valence-corrected chi connectivity index (χ1v) is 9.48. The molecule has 1 heterocycles. The van der Waals surface area contributed by atoms with Crippen LogP contribution in [0.1, 0.15) is 15.4 Å². The van der Waals surface area contributed by atoms with Crippen LogP contribution in [-0.2, 0) is 0 Å². The molecule has 0 amide bonds. The van der Waals surface area contributed by atoms with Crippen molar-refractivity contribution in [3.05, 3.63) is 80.9 Å². The van der Waals surface area contributed by atoms with E-state index in [0.29, 0.717) is 9.90 Å². The molecule has 0 aliphatic heterocycles. The molecule has 0 fully saturated rings. The second-order valence-corrected chi connectivity index (χ2v) is 7.64. The molecule has 0 radical (unpaired) electrons. The van der Waals surface area contributed by atoms with Crippen LogP contribution in [0.4, 0.5) is 5.69 Å². The Hall–Kier alpha value is -1.95. The summed E-state index contributed by atoms with van der Waals surface area (Å²) in [6.45, 7) is 1.85. The average Bonchev–Trinajstić information content (AvgIpc) is 2.99. The Kier molecular flexibility index (Phi) is 5.68. The molecule has 0 aliphatic carbocycles. The Balaban J connectivity index is 1.72. The number of rotatable bonds is 5. The number of nitrogens with zero attached hydrogens (tertiary/aromatic N) is 1. The van der Waals surface area contributed by atoms with Crippen molar-refractivity contribution in [2.24, 2.45) is 0 Å². The lowest BCUT2D eigenvalue weighted by atomic mass is 10.2. The van der Waals surface area contributed by atoms with Gasteiger partial charge in [-0.1, -0.05) is 39.7 Å². The molecule has 0 atom stereocenters. The maximum absolute atomic E-state index is 12.4. The normalized spacial score (nSPS) is 11.0. The first-order valence-electron chi connectivity index (χ1n) is 7.49. The third kappa shape index (κ3) is 4.57. The predicted molar refractivity (Wildman–Crippen MR) is 109 cm³/mol. The van der Waals surface area contributed by atoms with Gasteiger partial charge in [0.25, 0.3) is 0 Å². The molecule has 1 N–H and O–H groups in total. The van der Waals surface area contributed by atoms with Gasteiger partial charge in [-0.15, -0.1) is 11.3 Å². The van der Waals surface area contributed by atoms with Crippen LogP contribution >= 0.6 is 38.9 Å². The molecular weight excluding hydrogens is 420 g/mol. The van der Waals surface area contributed by atoms with Crippen LogP contribution in [0.3, 0.4) is 0 Å². The highest BCUT2D eigenvalue weighted by molar-refractivity contribution is 9.10. The SMILES string of the molecule is Cc1nc(-c2ccc(Cl)cc2)sc1C(=O)C=CNc1ccc(Br)cc1. The van der Waals surface area contributed by atoms with Crippen LogP contribution in [0.2, 0.25) is 5.02 Å². The minimum atomic E-state index is -0.0696. The number of halogens is 2. The van der Waals surface area contributed by atoms with Gasteiger partial charge in [0.15, 0.2) is 5.78 Å². The second kappa shape index (κ2) is 7.95. The maximum atomic E-state index is 12.4. The van der Waals surface area contributed by atoms with Gasteiger partial charge in [-0.05, 0) is 43.3 Å². The zero-order valence-electron chi connectivity index (χ0n) is 13.3. The van der Waals surface area contributed by atoms with Crippen LogP contribution in [0, 0.1) is 6.92 Å². The van der Waals surface area contributed by atoms with Gasteiger partial charge in [0, 0.05) is 33.0 Å². The monoisotopic (exact) mass is 432 g/mol. The third-order valence-corrected chi connectivity index (χ3v) is 5.44. The summed E-state index contributed by atoms with van der Waals surface area (Å²) in [4.78, 5) is 17.6. The third-order valence-electron chi connectivity index (χ3n) is 3.44. The van der Waals surface area contributed by atoms with Crippen molar-refractivity contribution in [3.8, 4) is 10.6 Å². The lowest BCUT2D eigenvalue weighted by molar-refractivity contribution is 0.104. The van der Waals surface area contributed by atoms with E-state index in [0.717, 1.165) is 26.4 Å². The van der Waals surface area contributed by atoms with Gasteiger partial charge in [0.1, 0.15) is 5.01 Å². The number of anilines is 1. The number of benzene rings is 2. The van der Waals surface area contributed by atoms with E-state index in [-0.39, 0.29) is 5.78 Å². The largest absolute Gasteiger partial charge is 0.362 e. The van der Waals surface area contributed by atoms with Crippen molar-refractivity contribution >= 4 is 50.3 Å². The molecule has 0 saturated carbocycles. The maximum Gasteiger partial charge on any atom is 0.199 e. The molecule has 126 valence electrons. The summed E-state index contributed by atoms with van der Waals surface area (Å²) in [5.74, 6) is -0.0696. The molecule has 6 heteroatoms. The van der Waals surface area contributed by atoms with E-state index in [4.69, 9.17) is 11.6 Å². The van der Waals surface area contributed by atoms with E-state index in [1.807, 2.05) is 55.5 Å². The van der Waals surface area contributed by atoms with Crippen molar-refractivity contribution in [1.82, 2.24) is 4.98 Å². The molecule has 0 bridgehead atoms. The van der Waals surface area contributed by atoms with E-state index in [2.05, 4.69) is 26.2 Å². The van der Waals surface area contributed by atoms with Gasteiger partial charge >= 0.3 is 0 Å². The van der Waals surface area contributed by atoms with Crippen LogP contribution in [0.5, 0.6) is 0 Å². The molecule has 0 aliphatic rings. The van der Waals surface area contributed by atoms with Gasteiger partial charge < -0.3 is 5.32 Å². The van der Waals surface area contributed by atoms with Crippen molar-refractivity contribution in [3.63, 3.8) is 0 Å². The Morgan fingerprint density at radius 1 is 1.16 bits per heavy atom. The Bertz CT molecular complexity index is 918. The van der Waals surface area contributed by atoms with Crippen molar-refractivity contribution < 1.29 is 4.79 Å². The fraction of sp³-hybridized carbons (Fsp3) is 0.0526. The lowest BCUT2D eigenvalue weighted by Gasteiger charge is -1.99. The minimum Gasteiger partial charge on any atom is -0.362 e. The molecule has 3 nitrogen and oxygen atoms in total. The molecule has 0 spiro atoms. The molecular formula is C19H14BrClN2OS. The first kappa shape index (κ1) is 17.9. The number of nitrogens with one attached hydrogen (secondary N) is 1. The Morgan fingerprint density at radius 3 is 2.52 bits per heavy atom. The zero-order chi connectivity index (χ0) is 17.8. The van der Waals surface area contributed by atoms with Crippen LogP contribution in [0.25, 0.3) is 10.6 Å². The fourth-order valence-electron chi connectivity index (χ4n) is 2.18. The number of aromatic nitrogens is 1. The highest BCUT2D eigenvalue weighted by atomic mass is 79.9. The van der Waals surface area contributed by atoms with E-state index in [1.165, 1.54) is 17.4 Å². The molecule has 1 aromatic heterocycles. The molecule has 3 rings (SSSR count). The summed E-state index contributed by atoms with van der Waals surface area (Å²) >= 11 is 10.7. The van der Waals surface area contributed by atoms with Gasteiger partial charge in [-0.2, -0.15) is 0 Å². The molecule has 25 heavy (non-hydrogen) atoms. The zero-order valence-corrected chi connectivity index (χ0v) is 16.5. The summed E-state index contributed by atoms with van der Waals surface area (Å²) in [7, 11) is 0. The summed E-state index contributed by atoms with van der Waals surface area (Å²) in [5, 5.41) is 4.57. The molecule has 3 aromatic rings. The van der Waals surface area contributed by atoms with Crippen LogP contribution in [0.15, 0.2) is 65.3 Å². The first-order chi connectivity index (χ1) is 12.0. The van der Waals surface area contributed by atoms with Crippen molar-refractivity contribution in [2.45, 2.75) is 6.92 Å². The number of hydrogen-bond acceptors (Lipinski definition) is 4. The topological polar surface area (TPSA) is 42.0 Å². The lowest BCUT2D eigenvalue weighted by Crippen LogP contribution is -1.95. The molecule has 0 saturated heterocycles. The molecule has 2 aromatic carbocycles. The predicted octanol–water partition coefficient (Wildman–Crippen LogP) is 6.34. The smallest absolute Gasteiger partial charge is 0.199 e. The van der Waals surface area contributed by atoms with Gasteiger partial charge in [-0.25, -0.2) is 4.98 Å². The van der Waals surface area contributed by atoms with Crippen molar-refractivity contribution in [2.75, 3.05) is 5.32 Å². The highest BCUT2D eigenvalue weighted by Gasteiger charge is 2.14. The summed E-state index contributed by atoms with van der Waals surface area (Å²) in [5.41, 5.74) is 2.59. The summed E-state index contributed by atoms with van der Waals surface area (Å²) < 4.78 is 1.01. The van der Waals surface area contributed by atoms with Gasteiger partial charge in [-0.3, -0.25) is 4.79 Å². The Morgan fingerprint density at radius 2 is 1.84 bits per heavy atom. The van der Waals surface area contributed by atoms with Crippen molar-refractivity contribution in [1.29, 1.82) is 0 Å². The van der Waals surface area contributed by atoms with E-state index in [9.17, 15) is 4.79 Å². The standard InChI is InChI=1S/C19H14BrClN2OS/c1-12-18(25-19(23-12)13-2-6-15(21)7-3-13)17(24)10-11-22-16-8-4-14(20)5-9-16/h2-11,22H,1H3. The van der Waals surface area contributed by atoms with E-state index < -0.39 is 0 Å². The highest BCUT2D eigenvalue weighted by Crippen LogP contribution is 2.29. The number of ketones is 1. The number of aryl methyl sites for hydroxylation is 1. The van der Waals surface area contributed by atoms with E-state index >= 15 is 0 Å². The van der Waals surface area contributed by atoms with E-state index in [1.54, 1.807) is 6.20 Å². The molecule has 0 unspecified atom stereocenters. The number of allylic oxidation sites excluding steroid dienone is 1. The minimum absolute atomic E-state index is 0.0696. The average molecular weight is 434 g/mol. The number of carbonyl (C=O) groups is 1. The number of thiazole rings is 1. The van der Waals surface area contributed by atoms with Gasteiger partial charge in [0.2, 0.25) is 0 Å². The van der Waals surface area contributed by atoms with Gasteiger partial charge in [0.05, 0.1) is 10.6 Å². The van der Waals surface area contributed by atoms with Crippen LogP contribution < -0.4 is 5.32 Å². The fourth-order valence-corrected chi connectivity index (χ4v) is 3.56. The van der Waals surface area contributed by atoms with Crippen LogP contribution in [-0.4, -0.2) is 10.8 Å². The number of carbonyl (C=O) groups excluding carboxylic acids is 1. The quantitative estimate of drug-likeness (QED) is 0.377. The summed E-state index contributed by atoms with van der Waals surface area (Å²) in [6, 6.07) is 15.2. The summed E-state index contributed by atoms with van der Waals surface area (Å²) in [6.07, 6.45) is 3.17. The Labute approximate surface area is 163 Å². The number of hydrogen-bond donors (Lipinski definition) is 1. The second-order valence-electron chi connectivity index (χ2n) is 5.29.